The van der Waals surface area contributed by atoms with Gasteiger partial charge in [0.25, 0.3) is 5.72 Å². The summed E-state index contributed by atoms with van der Waals surface area (Å²) in [5.41, 5.74) is 2.59. The van der Waals surface area contributed by atoms with E-state index in [4.69, 9.17) is 10.8 Å². The molecule has 0 radical (unpaired) electrons. The van der Waals surface area contributed by atoms with Crippen LogP contribution >= 0.6 is 0 Å². The molecule has 19 heavy (non-hydrogen) atoms. The number of nitrogens with one attached hydrogen (secondary N) is 1. The van der Waals surface area contributed by atoms with Gasteiger partial charge >= 0.3 is 11.9 Å². The first kappa shape index (κ1) is 14.6. The Hall–Kier alpha value is -2.45. The molecule has 0 aliphatic carbocycles. The van der Waals surface area contributed by atoms with Crippen molar-refractivity contribution in [3.05, 3.63) is 0 Å². The Morgan fingerprint density at radius 3 is 2.37 bits per heavy atom. The number of ketones is 1. The van der Waals surface area contributed by atoms with Gasteiger partial charge in [-0.1, -0.05) is 0 Å². The number of rotatable bonds is 6. The highest BCUT2D eigenvalue weighted by atomic mass is 16.6. The number of aliphatic carboxylic acids is 1. The van der Waals surface area contributed by atoms with Crippen LogP contribution in [0, 0.1) is 0 Å². The maximum Gasteiger partial charge on any atom is 0.377 e. The third kappa shape index (κ3) is 3.50. The molecule has 0 bridgehead atoms. The molecule has 1 aliphatic rings. The van der Waals surface area contributed by atoms with Gasteiger partial charge in [-0.2, -0.15) is 0 Å². The molecule has 1 aliphatic heterocycles. The minimum absolute atomic E-state index is 0.130. The predicted molar refractivity (Wildman–Crippen MR) is 57.3 cm³/mol. The summed E-state index contributed by atoms with van der Waals surface area (Å²) in [4.78, 5) is 55.2. The van der Waals surface area contributed by atoms with E-state index >= 15 is 0 Å². The zero-order chi connectivity index (χ0) is 14.6. The van der Waals surface area contributed by atoms with Gasteiger partial charge in [-0.15, -0.1) is 0 Å². The lowest BCUT2D eigenvalue weighted by Crippen LogP contribution is -2.53. The maximum absolute atomic E-state index is 11.4. The van der Waals surface area contributed by atoms with E-state index in [1.165, 1.54) is 0 Å². The van der Waals surface area contributed by atoms with Crippen molar-refractivity contribution >= 4 is 29.5 Å². The molecular formula is C10H12N2O7. The topological polar surface area (TPSA) is 153 Å². The fraction of sp³-hybridized carbons (Fsp3) is 0.500. The van der Waals surface area contributed by atoms with Crippen LogP contribution in [0.2, 0.25) is 0 Å². The molecule has 0 aromatic heterocycles. The van der Waals surface area contributed by atoms with Crippen LogP contribution in [0.3, 0.4) is 0 Å². The Bertz CT molecular complexity index is 459. The Kier molecular flexibility index (Phi) is 4.20. The first-order valence-corrected chi connectivity index (χ1v) is 5.36. The van der Waals surface area contributed by atoms with Gasteiger partial charge in [0.05, 0.1) is 0 Å². The SMILES string of the molecule is NC(=O)CCC(=O)C(=O)O[C@@]1(C(=O)O)CCC(=O)N1. The molecule has 4 N–H and O–H groups in total. The lowest BCUT2D eigenvalue weighted by molar-refractivity contribution is -0.183. The second-order valence-corrected chi connectivity index (χ2v) is 3.96. The van der Waals surface area contributed by atoms with E-state index in [0.717, 1.165) is 0 Å². The molecule has 0 aromatic rings. The smallest absolute Gasteiger partial charge is 0.377 e. The highest BCUT2D eigenvalue weighted by molar-refractivity contribution is 6.34. The normalized spacial score (nSPS) is 21.6. The van der Waals surface area contributed by atoms with Crippen molar-refractivity contribution < 1.29 is 33.8 Å². The lowest BCUT2D eigenvalue weighted by atomic mass is 10.1. The molecule has 104 valence electrons. The molecule has 0 spiro atoms. The summed E-state index contributed by atoms with van der Waals surface area (Å²) in [5.74, 6) is -5.45. The van der Waals surface area contributed by atoms with Gasteiger partial charge < -0.3 is 20.9 Å². The monoisotopic (exact) mass is 272 g/mol. The van der Waals surface area contributed by atoms with E-state index in [-0.39, 0.29) is 19.3 Å². The van der Waals surface area contributed by atoms with Gasteiger partial charge in [0, 0.05) is 25.7 Å². The highest BCUT2D eigenvalue weighted by Crippen LogP contribution is 2.22. The summed E-state index contributed by atoms with van der Waals surface area (Å²) in [7, 11) is 0. The number of esters is 1. The number of carboxylic acids is 1. The van der Waals surface area contributed by atoms with Crippen LogP contribution in [0.4, 0.5) is 0 Å². The number of carbonyl (C=O) groups excluding carboxylic acids is 4. The molecule has 2 amide bonds. The number of hydrogen-bond acceptors (Lipinski definition) is 6. The fourth-order valence-corrected chi connectivity index (χ4v) is 1.47. The molecule has 9 heteroatoms. The molecule has 9 nitrogen and oxygen atoms in total. The quantitative estimate of drug-likeness (QED) is 0.375. The van der Waals surface area contributed by atoms with Crippen LogP contribution in [0.15, 0.2) is 0 Å². The largest absolute Gasteiger partial charge is 0.477 e. The number of primary amides is 1. The van der Waals surface area contributed by atoms with Crippen LogP contribution in [-0.4, -0.2) is 40.4 Å². The maximum atomic E-state index is 11.4. The van der Waals surface area contributed by atoms with Crippen molar-refractivity contribution in [2.24, 2.45) is 5.73 Å². The van der Waals surface area contributed by atoms with Crippen molar-refractivity contribution in [1.29, 1.82) is 0 Å². The number of carbonyl (C=O) groups is 5. The average molecular weight is 272 g/mol. The van der Waals surface area contributed by atoms with E-state index in [9.17, 15) is 24.0 Å². The number of Topliss-reactive ketones (excluding diaryl/α,β-unsaturated/α-hetero) is 1. The Balaban J connectivity index is 2.68. The van der Waals surface area contributed by atoms with E-state index in [1.54, 1.807) is 0 Å². The van der Waals surface area contributed by atoms with E-state index in [2.05, 4.69) is 4.74 Å². The zero-order valence-corrected chi connectivity index (χ0v) is 9.80. The van der Waals surface area contributed by atoms with Gasteiger partial charge in [-0.05, 0) is 0 Å². The third-order valence-electron chi connectivity index (χ3n) is 2.48. The molecule has 1 atom stereocenters. The Labute approximate surface area is 107 Å². The van der Waals surface area contributed by atoms with Crippen LogP contribution in [-0.2, 0) is 28.7 Å². The van der Waals surface area contributed by atoms with Gasteiger partial charge in [-0.25, -0.2) is 9.59 Å². The summed E-state index contributed by atoms with van der Waals surface area (Å²) >= 11 is 0. The second-order valence-electron chi connectivity index (χ2n) is 3.96. The second kappa shape index (κ2) is 5.46. The number of amides is 2. The molecule has 1 heterocycles. The Morgan fingerprint density at radius 1 is 1.32 bits per heavy atom. The van der Waals surface area contributed by atoms with Crippen molar-refractivity contribution in [3.8, 4) is 0 Å². The molecule has 1 fully saturated rings. The fourth-order valence-electron chi connectivity index (χ4n) is 1.47. The van der Waals surface area contributed by atoms with Gasteiger partial charge in [0.15, 0.2) is 0 Å². The minimum Gasteiger partial charge on any atom is -0.477 e. The number of hydrogen-bond donors (Lipinski definition) is 3. The molecule has 1 rings (SSSR count). The lowest BCUT2D eigenvalue weighted by Gasteiger charge is -2.23. The summed E-state index contributed by atoms with van der Waals surface area (Å²) in [6, 6.07) is 0. The summed E-state index contributed by atoms with van der Waals surface area (Å²) in [6.45, 7) is 0. The summed E-state index contributed by atoms with van der Waals surface area (Å²) < 4.78 is 4.55. The standard InChI is InChI=1S/C10H12N2O7/c11-6(14)2-1-5(13)8(16)19-10(9(17)18)4-3-7(15)12-10/h1-4H2,(H2,11,14)(H,12,15)(H,17,18)/t10-/m1/s1. The average Bonchev–Trinajstić information content (AvgIpc) is 2.68. The zero-order valence-electron chi connectivity index (χ0n) is 9.80. The highest BCUT2D eigenvalue weighted by Gasteiger charge is 2.49. The van der Waals surface area contributed by atoms with Crippen LogP contribution in [0.25, 0.3) is 0 Å². The van der Waals surface area contributed by atoms with E-state index in [0.29, 0.717) is 0 Å². The summed E-state index contributed by atoms with van der Waals surface area (Å²) in [6.07, 6.45) is -1.22. The van der Waals surface area contributed by atoms with Crippen molar-refractivity contribution in [1.82, 2.24) is 5.32 Å². The van der Waals surface area contributed by atoms with Crippen molar-refractivity contribution in [2.45, 2.75) is 31.4 Å². The van der Waals surface area contributed by atoms with Crippen molar-refractivity contribution in [3.63, 3.8) is 0 Å². The number of carboxylic acid groups (broad SMARTS) is 1. The first-order valence-electron chi connectivity index (χ1n) is 5.36. The number of nitrogens with two attached hydrogens (primary N) is 1. The van der Waals surface area contributed by atoms with E-state index < -0.39 is 41.7 Å². The van der Waals surface area contributed by atoms with Gasteiger partial charge in [0.1, 0.15) is 0 Å². The molecular weight excluding hydrogens is 260 g/mol. The minimum atomic E-state index is -2.21. The van der Waals surface area contributed by atoms with Gasteiger partial charge in [-0.3, -0.25) is 14.4 Å². The van der Waals surface area contributed by atoms with Crippen LogP contribution in [0.5, 0.6) is 0 Å². The van der Waals surface area contributed by atoms with Crippen LogP contribution in [0.1, 0.15) is 25.7 Å². The molecule has 0 unspecified atom stereocenters. The first-order chi connectivity index (χ1) is 8.77. The molecule has 0 aromatic carbocycles. The third-order valence-corrected chi connectivity index (χ3v) is 2.48. The van der Waals surface area contributed by atoms with Crippen molar-refractivity contribution in [2.75, 3.05) is 0 Å². The van der Waals surface area contributed by atoms with Crippen LogP contribution < -0.4 is 11.1 Å². The summed E-state index contributed by atoms with van der Waals surface area (Å²) in [5, 5.41) is 10.9. The predicted octanol–water partition coefficient (Wildman–Crippen LogP) is -1.94. The van der Waals surface area contributed by atoms with E-state index in [1.807, 2.05) is 5.32 Å². The molecule has 1 saturated heterocycles. The molecule has 0 saturated carbocycles. The Morgan fingerprint density at radius 2 is 1.95 bits per heavy atom. The number of ether oxygens (including phenoxy) is 1. The van der Waals surface area contributed by atoms with Gasteiger partial charge in [0.2, 0.25) is 17.6 Å².